The van der Waals surface area contributed by atoms with Crippen LogP contribution in [0, 0.1) is 31.1 Å². The fourth-order valence-corrected chi connectivity index (χ4v) is 6.68. The molecule has 2 aromatic rings. The summed E-state index contributed by atoms with van der Waals surface area (Å²) in [5, 5.41) is 12.7. The number of hydrogen-bond acceptors (Lipinski definition) is 8. The fraction of sp³-hybridized carbons (Fsp3) is 0.552. The lowest BCUT2D eigenvalue weighted by atomic mass is 9.81. The van der Waals surface area contributed by atoms with Crippen molar-refractivity contribution < 1.29 is 19.0 Å². The predicted molar refractivity (Wildman–Crippen MR) is 149 cm³/mol. The molecule has 208 valence electrons. The Kier molecular flexibility index (Phi) is 8.21. The summed E-state index contributed by atoms with van der Waals surface area (Å²) in [5.41, 5.74) is 2.30. The van der Waals surface area contributed by atoms with Crippen LogP contribution in [-0.4, -0.2) is 67.1 Å². The maximum absolute atomic E-state index is 13.3. The first kappa shape index (κ1) is 27.6. The zero-order valence-electron chi connectivity index (χ0n) is 23.0. The van der Waals surface area contributed by atoms with E-state index >= 15 is 0 Å². The molecule has 1 aliphatic carbocycles. The van der Waals surface area contributed by atoms with E-state index in [4.69, 9.17) is 14.2 Å². The van der Waals surface area contributed by atoms with Gasteiger partial charge in [-0.2, -0.15) is 5.26 Å². The van der Waals surface area contributed by atoms with E-state index in [9.17, 15) is 14.9 Å². The Labute approximate surface area is 233 Å². The number of H-pyrrole nitrogens is 1. The third-order valence-corrected chi connectivity index (χ3v) is 9.18. The third-order valence-electron chi connectivity index (χ3n) is 8.38. The van der Waals surface area contributed by atoms with Crippen molar-refractivity contribution in [3.05, 3.63) is 50.4 Å². The highest BCUT2D eigenvalue weighted by Crippen LogP contribution is 2.43. The van der Waals surface area contributed by atoms with Gasteiger partial charge in [-0.1, -0.05) is 0 Å². The Bertz CT molecular complexity index is 1340. The van der Waals surface area contributed by atoms with E-state index in [-0.39, 0.29) is 29.7 Å². The molecule has 3 aliphatic rings. The molecular weight excluding hydrogens is 516 g/mol. The Balaban J connectivity index is 1.29. The highest BCUT2D eigenvalue weighted by Gasteiger charge is 2.39. The first-order valence-corrected chi connectivity index (χ1v) is 14.7. The van der Waals surface area contributed by atoms with Crippen LogP contribution >= 0.6 is 11.8 Å². The van der Waals surface area contributed by atoms with Crippen LogP contribution in [0.5, 0.6) is 11.5 Å². The van der Waals surface area contributed by atoms with Gasteiger partial charge >= 0.3 is 0 Å². The summed E-state index contributed by atoms with van der Waals surface area (Å²) < 4.78 is 18.0. The van der Waals surface area contributed by atoms with Gasteiger partial charge < -0.3 is 24.5 Å². The molecule has 1 atom stereocenters. The number of benzene rings is 1. The summed E-state index contributed by atoms with van der Waals surface area (Å²) in [4.78, 5) is 31.9. The topological polar surface area (TPSA) is 117 Å². The van der Waals surface area contributed by atoms with Crippen molar-refractivity contribution in [2.24, 2.45) is 5.92 Å². The van der Waals surface area contributed by atoms with E-state index in [2.05, 4.69) is 21.3 Å². The van der Waals surface area contributed by atoms with E-state index in [0.717, 1.165) is 49.4 Å². The molecule has 1 saturated carbocycles. The van der Waals surface area contributed by atoms with Crippen LogP contribution in [-0.2, 0) is 11.3 Å². The molecule has 2 fully saturated rings. The summed E-state index contributed by atoms with van der Waals surface area (Å²) in [6.07, 6.45) is 6.48. The molecule has 5 rings (SSSR count). The number of aromatic amines is 1. The highest BCUT2D eigenvalue weighted by molar-refractivity contribution is 7.98. The second-order valence-corrected chi connectivity index (χ2v) is 11.6. The zero-order chi connectivity index (χ0) is 27.7. The van der Waals surface area contributed by atoms with Crippen molar-refractivity contribution in [3.8, 4) is 17.6 Å². The third kappa shape index (κ3) is 5.53. The predicted octanol–water partition coefficient (Wildman–Crippen LogP) is 3.54. The average molecular weight is 553 g/mol. The van der Waals surface area contributed by atoms with Crippen LogP contribution in [0.4, 0.5) is 0 Å². The first-order valence-electron chi connectivity index (χ1n) is 13.5. The SMILES string of the molecule is COC1CN([C@H]2CC[C@H]([C@@H]3COc4c(C#N)cc(C(=O)NCc5c(SC)cc(C)[nH]c5=O)c(C)c4O3)CC2)C1. The van der Waals surface area contributed by atoms with Gasteiger partial charge in [0.25, 0.3) is 11.5 Å². The highest BCUT2D eigenvalue weighted by atomic mass is 32.2. The maximum atomic E-state index is 13.3. The number of nitrogens with zero attached hydrogens (tertiary/aromatic N) is 2. The van der Waals surface area contributed by atoms with Crippen molar-refractivity contribution in [3.63, 3.8) is 0 Å². The molecule has 1 aromatic carbocycles. The number of thioether (sulfide) groups is 1. The van der Waals surface area contributed by atoms with Gasteiger partial charge in [-0.05, 0) is 63.8 Å². The van der Waals surface area contributed by atoms with Gasteiger partial charge in [-0.15, -0.1) is 11.8 Å². The van der Waals surface area contributed by atoms with Gasteiger partial charge in [0, 0.05) is 60.1 Å². The van der Waals surface area contributed by atoms with Crippen molar-refractivity contribution in [1.82, 2.24) is 15.2 Å². The zero-order valence-corrected chi connectivity index (χ0v) is 23.8. The molecule has 10 heteroatoms. The molecule has 9 nitrogen and oxygen atoms in total. The summed E-state index contributed by atoms with van der Waals surface area (Å²) in [5.74, 6) is 0.868. The van der Waals surface area contributed by atoms with Gasteiger partial charge in [0.1, 0.15) is 18.8 Å². The number of rotatable bonds is 7. The summed E-state index contributed by atoms with van der Waals surface area (Å²) in [6, 6.07) is 6.20. The number of hydrogen-bond donors (Lipinski definition) is 2. The first-order chi connectivity index (χ1) is 18.8. The van der Waals surface area contributed by atoms with Gasteiger partial charge in [0.05, 0.1) is 11.7 Å². The van der Waals surface area contributed by atoms with Crippen molar-refractivity contribution >= 4 is 17.7 Å². The Morgan fingerprint density at radius 3 is 2.64 bits per heavy atom. The Hall–Kier alpha value is -3.00. The van der Waals surface area contributed by atoms with Gasteiger partial charge in [-0.3, -0.25) is 14.5 Å². The number of nitriles is 1. The van der Waals surface area contributed by atoms with E-state index in [0.29, 0.717) is 52.9 Å². The summed E-state index contributed by atoms with van der Waals surface area (Å²) in [7, 11) is 1.78. The monoisotopic (exact) mass is 552 g/mol. The van der Waals surface area contributed by atoms with Crippen molar-refractivity contribution in [2.75, 3.05) is 33.1 Å². The summed E-state index contributed by atoms with van der Waals surface area (Å²) >= 11 is 1.46. The number of methoxy groups -OCH3 is 1. The second kappa shape index (κ2) is 11.6. The lowest BCUT2D eigenvalue weighted by Crippen LogP contribution is -2.57. The van der Waals surface area contributed by atoms with E-state index in [1.54, 1.807) is 13.2 Å². The summed E-state index contributed by atoms with van der Waals surface area (Å²) in [6.45, 7) is 6.15. The van der Waals surface area contributed by atoms with Crippen molar-refractivity contribution in [1.29, 1.82) is 5.26 Å². The van der Waals surface area contributed by atoms with Crippen LogP contribution < -0.4 is 20.3 Å². The van der Waals surface area contributed by atoms with Crippen LogP contribution in [0.25, 0.3) is 0 Å². The number of carbonyl (C=O) groups is 1. The molecule has 2 aliphatic heterocycles. The van der Waals surface area contributed by atoms with Gasteiger partial charge in [0.2, 0.25) is 0 Å². The normalized spacial score (nSPS) is 23.1. The number of aryl methyl sites for hydroxylation is 1. The number of nitrogens with one attached hydrogen (secondary N) is 2. The fourth-order valence-electron chi connectivity index (χ4n) is 5.98. The van der Waals surface area contributed by atoms with Crippen LogP contribution in [0.3, 0.4) is 0 Å². The number of fused-ring (bicyclic) bond motifs is 1. The molecular formula is C29H36N4O5S. The van der Waals surface area contributed by atoms with Gasteiger partial charge in [-0.25, -0.2) is 0 Å². The standard InChI is InChI=1S/C29H36N4O5S/c1-16-9-25(39-4)23(29(35)32-16)12-31-28(34)22-10-19(11-30)27-26(17(22)2)38-24(15-37-27)18-5-7-20(8-6-18)33-13-21(14-33)36-3/h9-10,18,20-21,24H,5-8,12-15H2,1-4H3,(H,31,34)(H,32,35)/t18-,20-,24-/m0/s1. The second-order valence-electron chi connectivity index (χ2n) is 10.7. The molecule has 0 spiro atoms. The average Bonchev–Trinajstić information content (AvgIpc) is 2.92. The molecule has 39 heavy (non-hydrogen) atoms. The number of ether oxygens (including phenoxy) is 3. The minimum Gasteiger partial charge on any atom is -0.484 e. The molecule has 0 radical (unpaired) electrons. The molecule has 0 bridgehead atoms. The van der Waals surface area contributed by atoms with Crippen LogP contribution in [0.2, 0.25) is 0 Å². The molecule has 1 saturated heterocycles. The molecule has 1 amide bonds. The maximum Gasteiger partial charge on any atom is 0.254 e. The minimum atomic E-state index is -0.367. The molecule has 0 unspecified atom stereocenters. The van der Waals surface area contributed by atoms with Gasteiger partial charge in [0.15, 0.2) is 11.5 Å². The van der Waals surface area contributed by atoms with Crippen LogP contribution in [0.1, 0.15) is 58.4 Å². The smallest absolute Gasteiger partial charge is 0.254 e. The Morgan fingerprint density at radius 2 is 1.97 bits per heavy atom. The number of likely N-dealkylation sites (tertiary alicyclic amines) is 1. The molecule has 3 heterocycles. The number of pyridine rings is 1. The number of aromatic nitrogens is 1. The largest absolute Gasteiger partial charge is 0.484 e. The lowest BCUT2D eigenvalue weighted by molar-refractivity contribution is -0.0649. The number of amides is 1. The molecule has 1 aromatic heterocycles. The minimum absolute atomic E-state index is 0.0778. The molecule has 2 N–H and O–H groups in total. The number of carbonyl (C=O) groups excluding carboxylic acids is 1. The van der Waals surface area contributed by atoms with E-state index in [1.165, 1.54) is 11.8 Å². The van der Waals surface area contributed by atoms with E-state index in [1.807, 2.05) is 26.2 Å². The van der Waals surface area contributed by atoms with Crippen molar-refractivity contribution in [2.45, 2.75) is 69.2 Å². The lowest BCUT2D eigenvalue weighted by Gasteiger charge is -2.46. The van der Waals surface area contributed by atoms with Crippen LogP contribution in [0.15, 0.2) is 21.8 Å². The Morgan fingerprint density at radius 1 is 1.23 bits per heavy atom. The van der Waals surface area contributed by atoms with E-state index < -0.39 is 0 Å². The quantitative estimate of drug-likeness (QED) is 0.501.